The number of amides is 1. The Kier molecular flexibility index (Phi) is 2.81. The maximum Gasteiger partial charge on any atom is 0.290 e. The van der Waals surface area contributed by atoms with E-state index in [-0.39, 0.29) is 11.7 Å². The molecular formula is C12H19NO2. The van der Waals surface area contributed by atoms with Crippen molar-refractivity contribution in [1.82, 2.24) is 4.90 Å². The van der Waals surface area contributed by atoms with Gasteiger partial charge in [0.2, 0.25) is 5.78 Å². The first-order chi connectivity index (χ1) is 7.17. The van der Waals surface area contributed by atoms with Crippen LogP contribution < -0.4 is 0 Å². The van der Waals surface area contributed by atoms with Gasteiger partial charge in [-0.2, -0.15) is 0 Å². The molecule has 0 radical (unpaired) electrons. The van der Waals surface area contributed by atoms with E-state index in [1.165, 1.54) is 25.7 Å². The summed E-state index contributed by atoms with van der Waals surface area (Å²) in [5, 5.41) is 0. The summed E-state index contributed by atoms with van der Waals surface area (Å²) in [6.45, 7) is 3.67. The Morgan fingerprint density at radius 1 is 1.27 bits per heavy atom. The summed E-state index contributed by atoms with van der Waals surface area (Å²) in [6, 6.07) is 0. The number of Topliss-reactive ketones (excluding diaryl/α,β-unsaturated/α-hetero) is 1. The molecule has 1 aliphatic heterocycles. The van der Waals surface area contributed by atoms with Gasteiger partial charge in [0.15, 0.2) is 0 Å². The lowest BCUT2D eigenvalue weighted by Crippen LogP contribution is -2.37. The molecule has 2 aliphatic rings. The van der Waals surface area contributed by atoms with Crippen LogP contribution in [0, 0.1) is 5.41 Å². The van der Waals surface area contributed by atoms with Gasteiger partial charge >= 0.3 is 0 Å². The summed E-state index contributed by atoms with van der Waals surface area (Å²) in [7, 11) is 0. The van der Waals surface area contributed by atoms with Gasteiger partial charge in [-0.05, 0) is 24.7 Å². The molecule has 1 saturated carbocycles. The molecule has 0 unspecified atom stereocenters. The lowest BCUT2D eigenvalue weighted by Gasteiger charge is -2.32. The van der Waals surface area contributed by atoms with Gasteiger partial charge in [0, 0.05) is 19.5 Å². The lowest BCUT2D eigenvalue weighted by atomic mass is 9.83. The fraction of sp³-hybridized carbons (Fsp3) is 0.833. The predicted molar refractivity (Wildman–Crippen MR) is 57.4 cm³/mol. The highest BCUT2D eigenvalue weighted by atomic mass is 16.2. The van der Waals surface area contributed by atoms with E-state index in [4.69, 9.17) is 0 Å². The van der Waals surface area contributed by atoms with E-state index in [0.29, 0.717) is 18.4 Å². The first-order valence-electron chi connectivity index (χ1n) is 5.99. The SMILES string of the molecule is CCC1(CN2CCC(=O)C2=O)CCCC1. The minimum absolute atomic E-state index is 0.195. The maximum absolute atomic E-state index is 11.5. The van der Waals surface area contributed by atoms with Crippen LogP contribution in [-0.4, -0.2) is 29.7 Å². The molecule has 3 nitrogen and oxygen atoms in total. The number of carbonyl (C=O) groups excluding carboxylic acids is 2. The van der Waals surface area contributed by atoms with Crippen molar-refractivity contribution in [3.63, 3.8) is 0 Å². The number of carbonyl (C=O) groups is 2. The number of rotatable bonds is 3. The molecule has 0 N–H and O–H groups in total. The Balaban J connectivity index is 2.01. The zero-order chi connectivity index (χ0) is 10.9. The topological polar surface area (TPSA) is 37.4 Å². The molecule has 1 aliphatic carbocycles. The molecule has 0 aromatic carbocycles. The van der Waals surface area contributed by atoms with E-state index in [2.05, 4.69) is 6.92 Å². The summed E-state index contributed by atoms with van der Waals surface area (Å²) in [4.78, 5) is 24.5. The largest absolute Gasteiger partial charge is 0.335 e. The molecule has 1 amide bonds. The zero-order valence-corrected chi connectivity index (χ0v) is 9.42. The van der Waals surface area contributed by atoms with E-state index in [1.54, 1.807) is 4.90 Å². The van der Waals surface area contributed by atoms with E-state index in [0.717, 1.165) is 13.0 Å². The molecule has 2 fully saturated rings. The fourth-order valence-electron chi connectivity index (χ4n) is 2.93. The molecular weight excluding hydrogens is 190 g/mol. The molecule has 15 heavy (non-hydrogen) atoms. The van der Waals surface area contributed by atoms with Crippen molar-refractivity contribution in [2.75, 3.05) is 13.1 Å². The summed E-state index contributed by atoms with van der Waals surface area (Å²) < 4.78 is 0. The number of nitrogens with zero attached hydrogens (tertiary/aromatic N) is 1. The lowest BCUT2D eigenvalue weighted by molar-refractivity contribution is -0.140. The molecule has 3 heteroatoms. The molecule has 84 valence electrons. The van der Waals surface area contributed by atoms with Crippen molar-refractivity contribution in [3.05, 3.63) is 0 Å². The highest BCUT2D eigenvalue weighted by molar-refractivity contribution is 6.37. The van der Waals surface area contributed by atoms with Crippen LogP contribution in [0.5, 0.6) is 0 Å². The van der Waals surface area contributed by atoms with Gasteiger partial charge in [-0.25, -0.2) is 0 Å². The van der Waals surface area contributed by atoms with Crippen molar-refractivity contribution in [3.8, 4) is 0 Å². The third-order valence-corrected chi connectivity index (χ3v) is 4.08. The van der Waals surface area contributed by atoms with Crippen LogP contribution in [0.15, 0.2) is 0 Å². The molecule has 0 atom stereocenters. The standard InChI is InChI=1S/C12H19NO2/c1-2-12(6-3-4-7-12)9-13-8-5-10(14)11(13)15/h2-9H2,1H3. The number of hydrogen-bond acceptors (Lipinski definition) is 2. The second kappa shape index (κ2) is 3.95. The third kappa shape index (κ3) is 1.92. The number of ketones is 1. The van der Waals surface area contributed by atoms with Gasteiger partial charge in [0.1, 0.15) is 0 Å². The highest BCUT2D eigenvalue weighted by Crippen LogP contribution is 2.41. The van der Waals surface area contributed by atoms with Gasteiger partial charge in [-0.3, -0.25) is 9.59 Å². The molecule has 0 spiro atoms. The monoisotopic (exact) mass is 209 g/mol. The second-order valence-corrected chi connectivity index (χ2v) is 4.96. The van der Waals surface area contributed by atoms with Crippen molar-refractivity contribution in [2.45, 2.75) is 45.4 Å². The summed E-state index contributed by atoms with van der Waals surface area (Å²) >= 11 is 0. The smallest absolute Gasteiger partial charge is 0.290 e. The van der Waals surface area contributed by atoms with Crippen molar-refractivity contribution < 1.29 is 9.59 Å². The van der Waals surface area contributed by atoms with Crippen LogP contribution in [0.2, 0.25) is 0 Å². The Labute approximate surface area is 90.8 Å². The summed E-state index contributed by atoms with van der Waals surface area (Å²) in [6.07, 6.45) is 6.57. The van der Waals surface area contributed by atoms with Crippen LogP contribution in [0.3, 0.4) is 0 Å². The summed E-state index contributed by atoms with van der Waals surface area (Å²) in [5.74, 6) is -0.436. The van der Waals surface area contributed by atoms with Crippen molar-refractivity contribution >= 4 is 11.7 Å². The Bertz CT molecular complexity index is 279. The molecule has 0 aromatic rings. The molecule has 1 heterocycles. The average molecular weight is 209 g/mol. The zero-order valence-electron chi connectivity index (χ0n) is 9.42. The number of hydrogen-bond donors (Lipinski definition) is 0. The Hall–Kier alpha value is -0.860. The quantitative estimate of drug-likeness (QED) is 0.664. The van der Waals surface area contributed by atoms with Crippen LogP contribution in [0.25, 0.3) is 0 Å². The van der Waals surface area contributed by atoms with E-state index < -0.39 is 0 Å². The van der Waals surface area contributed by atoms with E-state index in [1.807, 2.05) is 0 Å². The normalized spacial score (nSPS) is 25.3. The second-order valence-electron chi connectivity index (χ2n) is 4.96. The van der Waals surface area contributed by atoms with Crippen LogP contribution in [-0.2, 0) is 9.59 Å². The third-order valence-electron chi connectivity index (χ3n) is 4.08. The van der Waals surface area contributed by atoms with Crippen LogP contribution in [0.4, 0.5) is 0 Å². The van der Waals surface area contributed by atoms with Crippen molar-refractivity contribution in [2.24, 2.45) is 5.41 Å². The van der Waals surface area contributed by atoms with Gasteiger partial charge in [-0.1, -0.05) is 19.8 Å². The van der Waals surface area contributed by atoms with Gasteiger partial charge in [0.05, 0.1) is 0 Å². The molecule has 1 saturated heterocycles. The number of likely N-dealkylation sites (tertiary alicyclic amines) is 1. The van der Waals surface area contributed by atoms with E-state index >= 15 is 0 Å². The van der Waals surface area contributed by atoms with Crippen molar-refractivity contribution in [1.29, 1.82) is 0 Å². The molecule has 0 aromatic heterocycles. The fourth-order valence-corrected chi connectivity index (χ4v) is 2.93. The summed E-state index contributed by atoms with van der Waals surface area (Å²) in [5.41, 5.74) is 0.320. The predicted octanol–water partition coefficient (Wildman–Crippen LogP) is 1.76. The van der Waals surface area contributed by atoms with Crippen LogP contribution >= 0.6 is 0 Å². The first kappa shape index (κ1) is 10.7. The minimum atomic E-state index is -0.241. The average Bonchev–Trinajstić information content (AvgIpc) is 2.82. The van der Waals surface area contributed by atoms with E-state index in [9.17, 15) is 9.59 Å². The first-order valence-corrected chi connectivity index (χ1v) is 5.99. The van der Waals surface area contributed by atoms with Crippen LogP contribution in [0.1, 0.15) is 45.4 Å². The van der Waals surface area contributed by atoms with Gasteiger partial charge < -0.3 is 4.90 Å². The Morgan fingerprint density at radius 3 is 2.40 bits per heavy atom. The molecule has 0 bridgehead atoms. The molecule has 2 rings (SSSR count). The maximum atomic E-state index is 11.5. The van der Waals surface area contributed by atoms with Gasteiger partial charge in [0.25, 0.3) is 5.91 Å². The highest BCUT2D eigenvalue weighted by Gasteiger charge is 2.38. The minimum Gasteiger partial charge on any atom is -0.335 e. The Morgan fingerprint density at radius 2 is 1.93 bits per heavy atom. The van der Waals surface area contributed by atoms with Gasteiger partial charge in [-0.15, -0.1) is 0 Å².